The molecule has 0 radical (unpaired) electrons. The van der Waals surface area contributed by atoms with Crippen molar-refractivity contribution in [2.45, 2.75) is 30.7 Å². The van der Waals surface area contributed by atoms with Gasteiger partial charge in [-0.05, 0) is 55.7 Å². The number of amides is 1. The molecule has 3 rings (SSSR count). The number of anilines is 1. The van der Waals surface area contributed by atoms with E-state index in [1.165, 1.54) is 16.4 Å². The van der Waals surface area contributed by atoms with Crippen LogP contribution in [0.5, 0.6) is 5.75 Å². The third-order valence-corrected chi connectivity index (χ3v) is 6.50. The Kier molecular flexibility index (Phi) is 6.76. The van der Waals surface area contributed by atoms with Crippen molar-refractivity contribution in [3.8, 4) is 5.75 Å². The summed E-state index contributed by atoms with van der Waals surface area (Å²) in [5, 5.41) is 2.75. The van der Waals surface area contributed by atoms with Gasteiger partial charge in [-0.1, -0.05) is 18.2 Å². The van der Waals surface area contributed by atoms with E-state index in [2.05, 4.69) is 5.32 Å². The van der Waals surface area contributed by atoms with Gasteiger partial charge in [-0.2, -0.15) is 0 Å². The molecule has 156 valence electrons. The first kappa shape index (κ1) is 21.1. The lowest BCUT2D eigenvalue weighted by Gasteiger charge is -2.30. The number of aryl methyl sites for hydroxylation is 1. The summed E-state index contributed by atoms with van der Waals surface area (Å²) in [4.78, 5) is 12.1. The molecule has 0 saturated heterocycles. The number of ether oxygens (including phenoxy) is 2. The van der Waals surface area contributed by atoms with Crippen LogP contribution in [0.4, 0.5) is 5.69 Å². The van der Waals surface area contributed by atoms with Crippen LogP contribution in [0.3, 0.4) is 0 Å². The minimum atomic E-state index is -3.66. The van der Waals surface area contributed by atoms with Gasteiger partial charge >= 0.3 is 0 Å². The molecule has 7 nitrogen and oxygen atoms in total. The molecule has 0 bridgehead atoms. The minimum Gasteiger partial charge on any atom is -0.484 e. The normalized spacial score (nSPS) is 14.8. The average Bonchev–Trinajstić information content (AvgIpc) is 2.72. The zero-order chi connectivity index (χ0) is 20.9. The Hall–Kier alpha value is -2.58. The van der Waals surface area contributed by atoms with Gasteiger partial charge in [0.2, 0.25) is 0 Å². The van der Waals surface area contributed by atoms with Crippen molar-refractivity contribution in [3.63, 3.8) is 0 Å². The summed E-state index contributed by atoms with van der Waals surface area (Å²) in [6, 6.07) is 13.6. The van der Waals surface area contributed by atoms with Crippen molar-refractivity contribution in [3.05, 3.63) is 54.1 Å². The molecule has 1 heterocycles. The number of hydrogen-bond acceptors (Lipinski definition) is 5. The van der Waals surface area contributed by atoms with E-state index < -0.39 is 10.0 Å². The quantitative estimate of drug-likeness (QED) is 0.711. The van der Waals surface area contributed by atoms with Crippen LogP contribution in [-0.4, -0.2) is 47.2 Å². The number of benzene rings is 2. The summed E-state index contributed by atoms with van der Waals surface area (Å²) in [5.74, 6) is 0.161. The zero-order valence-corrected chi connectivity index (χ0v) is 17.4. The first-order valence-electron chi connectivity index (χ1n) is 9.53. The number of sulfonamides is 1. The van der Waals surface area contributed by atoms with Crippen molar-refractivity contribution in [1.29, 1.82) is 0 Å². The van der Waals surface area contributed by atoms with Crippen LogP contribution in [0, 0.1) is 0 Å². The van der Waals surface area contributed by atoms with E-state index in [1.54, 1.807) is 19.2 Å². The highest BCUT2D eigenvalue weighted by atomic mass is 32.2. The minimum absolute atomic E-state index is 0.115. The maximum Gasteiger partial charge on any atom is 0.264 e. The van der Waals surface area contributed by atoms with E-state index in [1.807, 2.05) is 31.2 Å². The number of nitrogens with zero attached hydrogens (tertiary/aromatic N) is 1. The highest BCUT2D eigenvalue weighted by Crippen LogP contribution is 2.32. The maximum absolute atomic E-state index is 13.1. The molecule has 0 unspecified atom stereocenters. The van der Waals surface area contributed by atoms with Gasteiger partial charge in [-0.3, -0.25) is 9.10 Å². The number of methoxy groups -OCH3 is 1. The van der Waals surface area contributed by atoms with Gasteiger partial charge < -0.3 is 14.8 Å². The topological polar surface area (TPSA) is 84.9 Å². The van der Waals surface area contributed by atoms with Crippen LogP contribution in [0.25, 0.3) is 0 Å². The predicted molar refractivity (Wildman–Crippen MR) is 111 cm³/mol. The molecular weight excluding hydrogens is 392 g/mol. The second kappa shape index (κ2) is 9.28. The number of nitrogens with one attached hydrogen (secondary N) is 1. The smallest absolute Gasteiger partial charge is 0.264 e. The highest BCUT2D eigenvalue weighted by Gasteiger charge is 2.28. The number of rotatable bonds is 8. The Labute approximate surface area is 171 Å². The average molecular weight is 419 g/mol. The monoisotopic (exact) mass is 418 g/mol. The van der Waals surface area contributed by atoms with E-state index in [4.69, 9.17) is 9.47 Å². The van der Waals surface area contributed by atoms with Gasteiger partial charge in [0.05, 0.1) is 17.2 Å². The number of carbonyl (C=O) groups is 1. The zero-order valence-electron chi connectivity index (χ0n) is 16.6. The molecular formula is C21H26N2O5S. The Bertz CT molecular complexity index is 944. The first-order chi connectivity index (χ1) is 13.9. The van der Waals surface area contributed by atoms with Crippen molar-refractivity contribution in [2.75, 3.05) is 31.2 Å². The fourth-order valence-electron chi connectivity index (χ4n) is 3.34. The largest absolute Gasteiger partial charge is 0.484 e. The maximum atomic E-state index is 13.1. The molecule has 8 heteroatoms. The van der Waals surface area contributed by atoms with E-state index in [-0.39, 0.29) is 23.5 Å². The van der Waals surface area contributed by atoms with E-state index in [9.17, 15) is 13.2 Å². The number of para-hydroxylation sites is 1. The van der Waals surface area contributed by atoms with Gasteiger partial charge in [0, 0.05) is 19.7 Å². The third kappa shape index (κ3) is 5.07. The van der Waals surface area contributed by atoms with Crippen LogP contribution in [0.1, 0.15) is 18.9 Å². The fraction of sp³-hybridized carbons (Fsp3) is 0.381. The summed E-state index contributed by atoms with van der Waals surface area (Å²) in [6.45, 7) is 2.55. The number of hydrogen-bond donors (Lipinski definition) is 1. The lowest BCUT2D eigenvalue weighted by atomic mass is 10.0. The number of carbonyl (C=O) groups excluding carboxylic acids is 1. The van der Waals surface area contributed by atoms with E-state index >= 15 is 0 Å². The van der Waals surface area contributed by atoms with Crippen molar-refractivity contribution >= 4 is 21.6 Å². The molecule has 0 aromatic heterocycles. The van der Waals surface area contributed by atoms with Gasteiger partial charge in [0.25, 0.3) is 15.9 Å². The standard InChI is InChI=1S/C21H26N2O5S/c1-16(14-27-2)22-21(24)15-28-18-9-11-19(12-10-18)29(25,26)23-13-5-7-17-6-3-4-8-20(17)23/h3-4,6,8-12,16H,5,7,13-15H2,1-2H3,(H,22,24)/t16-/m1/s1. The molecule has 0 aliphatic carbocycles. The Morgan fingerprint density at radius 3 is 2.62 bits per heavy atom. The SMILES string of the molecule is COC[C@@H](C)NC(=O)COc1ccc(S(=O)(=O)N2CCCc3ccccc32)cc1. The van der Waals surface area contributed by atoms with Crippen LogP contribution < -0.4 is 14.4 Å². The molecule has 2 aromatic rings. The molecule has 1 amide bonds. The predicted octanol–water partition coefficient (Wildman–Crippen LogP) is 2.36. The molecule has 0 spiro atoms. The third-order valence-electron chi connectivity index (χ3n) is 4.67. The van der Waals surface area contributed by atoms with E-state index in [0.29, 0.717) is 18.9 Å². The summed E-state index contributed by atoms with van der Waals surface area (Å²) in [6.07, 6.45) is 1.66. The molecule has 29 heavy (non-hydrogen) atoms. The van der Waals surface area contributed by atoms with Crippen molar-refractivity contribution in [1.82, 2.24) is 5.32 Å². The molecule has 1 aliphatic rings. The van der Waals surface area contributed by atoms with Gasteiger partial charge in [0.1, 0.15) is 5.75 Å². The second-order valence-electron chi connectivity index (χ2n) is 6.99. The summed E-state index contributed by atoms with van der Waals surface area (Å²) >= 11 is 0. The van der Waals surface area contributed by atoms with Gasteiger partial charge in [-0.15, -0.1) is 0 Å². The lowest BCUT2D eigenvalue weighted by Crippen LogP contribution is -2.38. The Morgan fingerprint density at radius 1 is 1.17 bits per heavy atom. The van der Waals surface area contributed by atoms with Crippen LogP contribution >= 0.6 is 0 Å². The fourth-order valence-corrected chi connectivity index (χ4v) is 4.88. The van der Waals surface area contributed by atoms with Crippen LogP contribution in [0.2, 0.25) is 0 Å². The Morgan fingerprint density at radius 2 is 1.90 bits per heavy atom. The number of fused-ring (bicyclic) bond motifs is 1. The van der Waals surface area contributed by atoms with Crippen LogP contribution in [-0.2, 0) is 26.0 Å². The first-order valence-corrected chi connectivity index (χ1v) is 11.0. The lowest BCUT2D eigenvalue weighted by molar-refractivity contribution is -0.124. The van der Waals surface area contributed by atoms with Gasteiger partial charge in [0.15, 0.2) is 6.61 Å². The molecule has 0 fully saturated rings. The molecule has 1 N–H and O–H groups in total. The van der Waals surface area contributed by atoms with Gasteiger partial charge in [-0.25, -0.2) is 8.42 Å². The molecule has 2 aromatic carbocycles. The molecule has 0 saturated carbocycles. The second-order valence-corrected chi connectivity index (χ2v) is 8.86. The van der Waals surface area contributed by atoms with E-state index in [0.717, 1.165) is 24.1 Å². The highest BCUT2D eigenvalue weighted by molar-refractivity contribution is 7.92. The summed E-state index contributed by atoms with van der Waals surface area (Å²) in [5.41, 5.74) is 1.77. The summed E-state index contributed by atoms with van der Waals surface area (Å²) < 4.78 is 38.1. The molecule has 1 aliphatic heterocycles. The van der Waals surface area contributed by atoms with Crippen LogP contribution in [0.15, 0.2) is 53.4 Å². The Balaban J connectivity index is 1.66. The van der Waals surface area contributed by atoms with Crippen molar-refractivity contribution < 1.29 is 22.7 Å². The summed E-state index contributed by atoms with van der Waals surface area (Å²) in [7, 11) is -2.09. The molecule has 1 atom stereocenters. The van der Waals surface area contributed by atoms with Crippen molar-refractivity contribution in [2.24, 2.45) is 0 Å².